The summed E-state index contributed by atoms with van der Waals surface area (Å²) < 4.78 is 0. The van der Waals surface area contributed by atoms with Crippen molar-refractivity contribution in [2.24, 2.45) is 33.1 Å². The van der Waals surface area contributed by atoms with E-state index in [1.165, 1.54) is 0 Å². The molecule has 0 saturated heterocycles. The Hall–Kier alpha value is -1.39. The van der Waals surface area contributed by atoms with Crippen LogP contribution in [0.5, 0.6) is 0 Å². The zero-order valence-corrected chi connectivity index (χ0v) is 12.9. The normalized spacial score (nSPS) is 32.5. The molecule has 0 amide bonds. The van der Waals surface area contributed by atoms with Crippen molar-refractivity contribution in [3.63, 3.8) is 0 Å². The maximum atomic E-state index is 12.5. The third-order valence-corrected chi connectivity index (χ3v) is 5.24. The van der Waals surface area contributed by atoms with Crippen LogP contribution in [0.4, 0.5) is 0 Å². The van der Waals surface area contributed by atoms with Crippen LogP contribution in [0, 0.1) is 22.2 Å². The molecule has 0 aromatic rings. The molecule has 2 rings (SSSR count). The highest BCUT2D eigenvalue weighted by molar-refractivity contribution is 6.07. The second-order valence-corrected chi connectivity index (χ2v) is 7.60. The van der Waals surface area contributed by atoms with Gasteiger partial charge in [-0.2, -0.15) is 0 Å². The van der Waals surface area contributed by atoms with Gasteiger partial charge in [0, 0.05) is 11.8 Å². The molecular weight excluding hydrogens is 256 g/mol. The lowest BCUT2D eigenvalue weighted by atomic mass is 9.69. The predicted molar refractivity (Wildman–Crippen MR) is 75.7 cm³/mol. The monoisotopic (exact) mass is 280 g/mol. The highest BCUT2D eigenvalue weighted by Crippen LogP contribution is 2.64. The lowest BCUT2D eigenvalue weighted by Gasteiger charge is -2.32. The van der Waals surface area contributed by atoms with Crippen LogP contribution in [0.25, 0.3) is 0 Å². The standard InChI is InChI=1S/C15H24N2O3/c1-13(2,3)11(16)17-20-12(19)15-7-6-9(8-10(15)18)14(15,4)5/h9H,6-8H2,1-5H3,(H2,16,17)/t9-,15+/m1/s1. The molecule has 2 N–H and O–H groups in total. The van der Waals surface area contributed by atoms with Crippen molar-refractivity contribution in [3.05, 3.63) is 0 Å². The predicted octanol–water partition coefficient (Wildman–Crippen LogP) is 2.24. The van der Waals surface area contributed by atoms with E-state index >= 15 is 0 Å². The van der Waals surface area contributed by atoms with E-state index in [0.29, 0.717) is 12.8 Å². The largest absolute Gasteiger partial charge is 0.384 e. The molecule has 20 heavy (non-hydrogen) atoms. The molecule has 2 fully saturated rings. The van der Waals surface area contributed by atoms with Crippen LogP contribution in [-0.4, -0.2) is 17.6 Å². The van der Waals surface area contributed by atoms with Crippen molar-refractivity contribution >= 4 is 17.6 Å². The molecule has 5 heteroatoms. The summed E-state index contributed by atoms with van der Waals surface area (Å²) in [5, 5.41) is 3.74. The molecule has 112 valence electrons. The van der Waals surface area contributed by atoms with Crippen LogP contribution in [0.15, 0.2) is 5.16 Å². The Morgan fingerprint density at radius 3 is 2.40 bits per heavy atom. The Kier molecular flexibility index (Phi) is 3.23. The number of oxime groups is 1. The summed E-state index contributed by atoms with van der Waals surface area (Å²) in [5.74, 6) is -0.0282. The molecule has 0 aliphatic heterocycles. The number of ketones is 1. The van der Waals surface area contributed by atoms with Crippen molar-refractivity contribution in [2.75, 3.05) is 0 Å². The van der Waals surface area contributed by atoms with Gasteiger partial charge >= 0.3 is 5.97 Å². The van der Waals surface area contributed by atoms with E-state index in [1.807, 2.05) is 34.6 Å². The first kappa shape index (κ1) is 15.0. The molecule has 2 bridgehead atoms. The lowest BCUT2D eigenvalue weighted by molar-refractivity contribution is -0.164. The third kappa shape index (κ3) is 1.86. The van der Waals surface area contributed by atoms with Crippen LogP contribution in [0.2, 0.25) is 0 Å². The average molecular weight is 280 g/mol. The van der Waals surface area contributed by atoms with E-state index < -0.39 is 11.4 Å². The molecule has 0 spiro atoms. The van der Waals surface area contributed by atoms with Crippen molar-refractivity contribution in [1.82, 2.24) is 0 Å². The topological polar surface area (TPSA) is 81.8 Å². The number of amidine groups is 1. The number of fused-ring (bicyclic) bond motifs is 2. The molecule has 0 radical (unpaired) electrons. The smallest absolute Gasteiger partial charge is 0.349 e. The van der Waals surface area contributed by atoms with Gasteiger partial charge in [-0.3, -0.25) is 4.79 Å². The molecule has 2 saturated carbocycles. The van der Waals surface area contributed by atoms with Gasteiger partial charge in [0.1, 0.15) is 11.3 Å². The van der Waals surface area contributed by atoms with E-state index in [4.69, 9.17) is 10.6 Å². The fourth-order valence-corrected chi connectivity index (χ4v) is 3.46. The van der Waals surface area contributed by atoms with E-state index in [1.54, 1.807) is 0 Å². The van der Waals surface area contributed by atoms with Crippen molar-refractivity contribution in [1.29, 1.82) is 0 Å². The molecule has 5 nitrogen and oxygen atoms in total. The minimum absolute atomic E-state index is 0.00622. The van der Waals surface area contributed by atoms with Gasteiger partial charge in [-0.15, -0.1) is 0 Å². The summed E-state index contributed by atoms with van der Waals surface area (Å²) >= 11 is 0. The zero-order valence-electron chi connectivity index (χ0n) is 12.9. The van der Waals surface area contributed by atoms with Gasteiger partial charge in [0.05, 0.1) is 0 Å². The first-order valence-electron chi connectivity index (χ1n) is 7.12. The van der Waals surface area contributed by atoms with Gasteiger partial charge in [-0.25, -0.2) is 4.79 Å². The Morgan fingerprint density at radius 2 is 2.00 bits per heavy atom. The summed E-state index contributed by atoms with van der Waals surface area (Å²) in [4.78, 5) is 29.8. The highest BCUT2D eigenvalue weighted by Gasteiger charge is 2.69. The summed E-state index contributed by atoms with van der Waals surface area (Å²) in [7, 11) is 0. The number of nitrogens with two attached hydrogens (primary N) is 1. The average Bonchev–Trinajstić information content (AvgIpc) is 2.68. The molecule has 0 aromatic heterocycles. The van der Waals surface area contributed by atoms with Crippen LogP contribution < -0.4 is 5.73 Å². The van der Waals surface area contributed by atoms with Gasteiger partial charge in [-0.1, -0.05) is 39.8 Å². The fraction of sp³-hybridized carbons (Fsp3) is 0.800. The number of carbonyl (C=O) groups excluding carboxylic acids is 2. The van der Waals surface area contributed by atoms with Crippen molar-refractivity contribution < 1.29 is 14.4 Å². The summed E-state index contributed by atoms with van der Waals surface area (Å²) in [6.45, 7) is 9.61. The van der Waals surface area contributed by atoms with Crippen LogP contribution in [0.3, 0.4) is 0 Å². The summed E-state index contributed by atoms with van der Waals surface area (Å²) in [5.41, 5.74) is 4.03. The first-order valence-corrected chi connectivity index (χ1v) is 7.12. The van der Waals surface area contributed by atoms with E-state index in [9.17, 15) is 9.59 Å². The highest BCUT2D eigenvalue weighted by atomic mass is 16.7. The van der Waals surface area contributed by atoms with E-state index in [-0.39, 0.29) is 28.4 Å². The lowest BCUT2D eigenvalue weighted by Crippen LogP contribution is -2.44. The van der Waals surface area contributed by atoms with E-state index in [2.05, 4.69) is 5.16 Å². The SMILES string of the molecule is CC(C)(C)/C(N)=N/OC(=O)[C@]12CC[C@H](CC1=O)C2(C)C. The Labute approximate surface area is 119 Å². The molecule has 2 atom stereocenters. The summed E-state index contributed by atoms with van der Waals surface area (Å²) in [6, 6.07) is 0. The number of rotatable bonds is 2. The van der Waals surface area contributed by atoms with Crippen LogP contribution in [-0.2, 0) is 14.4 Å². The fourth-order valence-electron chi connectivity index (χ4n) is 3.46. The number of hydrogen-bond donors (Lipinski definition) is 1. The second-order valence-electron chi connectivity index (χ2n) is 7.60. The van der Waals surface area contributed by atoms with Crippen molar-refractivity contribution in [2.45, 2.75) is 53.9 Å². The van der Waals surface area contributed by atoms with Gasteiger partial charge in [0.25, 0.3) is 0 Å². The second kappa shape index (κ2) is 4.30. The summed E-state index contributed by atoms with van der Waals surface area (Å²) in [6.07, 6.45) is 1.93. The van der Waals surface area contributed by atoms with Crippen molar-refractivity contribution in [3.8, 4) is 0 Å². The molecule has 0 heterocycles. The van der Waals surface area contributed by atoms with E-state index in [0.717, 1.165) is 6.42 Å². The van der Waals surface area contributed by atoms with Crippen LogP contribution in [0.1, 0.15) is 53.9 Å². The first-order chi connectivity index (χ1) is 9.03. The minimum atomic E-state index is -1.03. The quantitative estimate of drug-likeness (QED) is 0.276. The molecule has 0 aromatic carbocycles. The number of carbonyl (C=O) groups is 2. The molecule has 2 aliphatic carbocycles. The zero-order chi connectivity index (χ0) is 15.3. The Morgan fingerprint density at radius 1 is 1.40 bits per heavy atom. The Bertz CT molecular complexity index is 488. The number of nitrogens with zero attached hydrogens (tertiary/aromatic N) is 1. The maximum absolute atomic E-state index is 12.5. The van der Waals surface area contributed by atoms with Gasteiger partial charge in [0.15, 0.2) is 5.78 Å². The molecular formula is C15H24N2O3. The molecule has 0 unspecified atom stereocenters. The Balaban J connectivity index is 2.23. The van der Waals surface area contributed by atoms with Gasteiger partial charge in [0.2, 0.25) is 0 Å². The number of hydrogen-bond acceptors (Lipinski definition) is 4. The number of Topliss-reactive ketones (excluding diaryl/α,β-unsaturated/α-hetero) is 1. The maximum Gasteiger partial charge on any atom is 0.349 e. The minimum Gasteiger partial charge on any atom is -0.384 e. The van der Waals surface area contributed by atoms with Gasteiger partial charge in [-0.05, 0) is 24.2 Å². The molecule has 2 aliphatic rings. The third-order valence-electron chi connectivity index (χ3n) is 5.24. The van der Waals surface area contributed by atoms with Gasteiger partial charge < -0.3 is 10.6 Å². The van der Waals surface area contributed by atoms with Crippen LogP contribution >= 0.6 is 0 Å².